The van der Waals surface area contributed by atoms with Gasteiger partial charge in [-0.25, -0.2) is 4.98 Å². The quantitative estimate of drug-likeness (QED) is 0.398. The van der Waals surface area contributed by atoms with Gasteiger partial charge in [-0.3, -0.25) is 4.79 Å². The lowest BCUT2D eigenvalue weighted by Crippen LogP contribution is -2.12. The summed E-state index contributed by atoms with van der Waals surface area (Å²) in [6.07, 6.45) is 4.07. The molecule has 0 atom stereocenters. The number of aromatic amines is 1. The molecule has 2 aromatic carbocycles. The van der Waals surface area contributed by atoms with Gasteiger partial charge in [-0.15, -0.1) is 11.3 Å². The number of thiazole rings is 1. The fraction of sp³-hybridized carbons (Fsp3) is 0.217. The van der Waals surface area contributed by atoms with Crippen molar-refractivity contribution in [2.45, 2.75) is 26.2 Å². The summed E-state index contributed by atoms with van der Waals surface area (Å²) in [6.45, 7) is 2.80. The molecule has 0 aliphatic heterocycles. The fourth-order valence-corrected chi connectivity index (χ4v) is 3.91. The van der Waals surface area contributed by atoms with E-state index in [4.69, 9.17) is 4.74 Å². The zero-order valence-electron chi connectivity index (χ0n) is 16.3. The number of para-hydroxylation sites is 1. The molecule has 0 unspecified atom stereocenters. The highest BCUT2D eigenvalue weighted by Crippen LogP contribution is 2.27. The van der Waals surface area contributed by atoms with Gasteiger partial charge in [0.2, 0.25) is 5.91 Å². The summed E-state index contributed by atoms with van der Waals surface area (Å²) in [5.41, 5.74) is 4.10. The monoisotopic (exact) mass is 405 g/mol. The maximum atomic E-state index is 12.4. The topological polar surface area (TPSA) is 67.0 Å². The van der Waals surface area contributed by atoms with Gasteiger partial charge in [0, 0.05) is 34.5 Å². The zero-order valence-corrected chi connectivity index (χ0v) is 17.1. The second-order valence-corrected chi connectivity index (χ2v) is 7.68. The molecule has 0 fully saturated rings. The Morgan fingerprint density at radius 1 is 1.17 bits per heavy atom. The third-order valence-electron chi connectivity index (χ3n) is 4.67. The Labute approximate surface area is 173 Å². The molecule has 5 nitrogen and oxygen atoms in total. The summed E-state index contributed by atoms with van der Waals surface area (Å²) >= 11 is 1.44. The van der Waals surface area contributed by atoms with Crippen LogP contribution in [0.15, 0.2) is 60.1 Å². The Balaban J connectivity index is 1.34. The number of aromatic nitrogens is 2. The van der Waals surface area contributed by atoms with E-state index in [9.17, 15) is 4.79 Å². The molecule has 0 spiro atoms. The molecule has 2 heterocycles. The number of nitrogens with one attached hydrogen (secondary N) is 2. The van der Waals surface area contributed by atoms with Crippen LogP contribution in [0, 0.1) is 0 Å². The third-order valence-corrected chi connectivity index (χ3v) is 5.43. The molecule has 0 aliphatic rings. The van der Waals surface area contributed by atoms with Crippen LogP contribution in [0.25, 0.3) is 22.2 Å². The summed E-state index contributed by atoms with van der Waals surface area (Å²) in [4.78, 5) is 20.2. The average molecular weight is 406 g/mol. The summed E-state index contributed by atoms with van der Waals surface area (Å²) in [5, 5.41) is 6.66. The molecular formula is C23H23N3O2S. The Morgan fingerprint density at radius 3 is 2.83 bits per heavy atom. The Hall–Kier alpha value is -3.12. The molecule has 0 saturated carbocycles. The number of hydrogen-bond acceptors (Lipinski definition) is 4. The number of aryl methyl sites for hydroxylation is 1. The van der Waals surface area contributed by atoms with Crippen molar-refractivity contribution in [3.05, 3.63) is 65.7 Å². The number of benzene rings is 2. The number of carbonyl (C=O) groups excluding carboxylic acids is 1. The first-order valence-corrected chi connectivity index (χ1v) is 10.6. The van der Waals surface area contributed by atoms with E-state index in [0.29, 0.717) is 24.6 Å². The second kappa shape index (κ2) is 8.92. The molecular weight excluding hydrogens is 382 g/mol. The summed E-state index contributed by atoms with van der Waals surface area (Å²) < 4.78 is 5.61. The highest BCUT2D eigenvalue weighted by atomic mass is 32.1. The minimum Gasteiger partial charge on any atom is -0.494 e. The van der Waals surface area contributed by atoms with Crippen molar-refractivity contribution in [2.75, 3.05) is 11.9 Å². The number of rotatable bonds is 8. The first kappa shape index (κ1) is 19.2. The maximum Gasteiger partial charge on any atom is 0.226 e. The number of hydrogen-bond donors (Lipinski definition) is 2. The van der Waals surface area contributed by atoms with Gasteiger partial charge >= 0.3 is 0 Å². The number of amides is 1. The van der Waals surface area contributed by atoms with Gasteiger partial charge in [0.1, 0.15) is 5.75 Å². The number of fused-ring (bicyclic) bond motifs is 1. The Bertz CT molecular complexity index is 1100. The first-order valence-electron chi connectivity index (χ1n) is 9.76. The SMILES string of the molecule is CCCOc1ccc(-c2csc(NC(=O)CCc3c[nH]c4ccccc34)n2)cc1. The van der Waals surface area contributed by atoms with Crippen LogP contribution in [-0.4, -0.2) is 22.5 Å². The van der Waals surface area contributed by atoms with E-state index in [0.717, 1.165) is 34.5 Å². The van der Waals surface area contributed by atoms with E-state index < -0.39 is 0 Å². The Kier molecular flexibility index (Phi) is 5.91. The zero-order chi connectivity index (χ0) is 20.1. The van der Waals surface area contributed by atoms with E-state index in [1.165, 1.54) is 16.7 Å². The number of nitrogens with zero attached hydrogens (tertiary/aromatic N) is 1. The molecule has 0 aliphatic carbocycles. The summed E-state index contributed by atoms with van der Waals surface area (Å²) in [7, 11) is 0. The predicted octanol–water partition coefficient (Wildman–Crippen LogP) is 5.65. The third kappa shape index (κ3) is 4.66. The van der Waals surface area contributed by atoms with Crippen LogP contribution in [0.5, 0.6) is 5.75 Å². The molecule has 148 valence electrons. The number of anilines is 1. The van der Waals surface area contributed by atoms with Crippen LogP contribution in [-0.2, 0) is 11.2 Å². The van der Waals surface area contributed by atoms with E-state index in [1.807, 2.05) is 54.0 Å². The van der Waals surface area contributed by atoms with E-state index in [-0.39, 0.29) is 5.91 Å². The lowest BCUT2D eigenvalue weighted by molar-refractivity contribution is -0.116. The van der Waals surface area contributed by atoms with Gasteiger partial charge in [-0.2, -0.15) is 0 Å². The smallest absolute Gasteiger partial charge is 0.226 e. The molecule has 4 aromatic rings. The molecule has 4 rings (SSSR count). The average Bonchev–Trinajstić information content (AvgIpc) is 3.38. The van der Waals surface area contributed by atoms with Gasteiger partial charge in [0.25, 0.3) is 0 Å². The van der Waals surface area contributed by atoms with Crippen molar-refractivity contribution in [1.29, 1.82) is 0 Å². The first-order chi connectivity index (χ1) is 14.2. The number of H-pyrrole nitrogens is 1. The largest absolute Gasteiger partial charge is 0.494 e. The molecule has 2 N–H and O–H groups in total. The molecule has 29 heavy (non-hydrogen) atoms. The molecule has 6 heteroatoms. The van der Waals surface area contributed by atoms with Crippen molar-refractivity contribution in [1.82, 2.24) is 9.97 Å². The van der Waals surface area contributed by atoms with Gasteiger partial charge in [-0.05, 0) is 48.7 Å². The van der Waals surface area contributed by atoms with Gasteiger partial charge in [-0.1, -0.05) is 25.1 Å². The van der Waals surface area contributed by atoms with Gasteiger partial charge in [0.05, 0.1) is 12.3 Å². The highest BCUT2D eigenvalue weighted by molar-refractivity contribution is 7.14. The molecule has 1 amide bonds. The molecule has 0 saturated heterocycles. The van der Waals surface area contributed by atoms with Crippen LogP contribution in [0.3, 0.4) is 0 Å². The molecule has 0 radical (unpaired) electrons. The summed E-state index contributed by atoms with van der Waals surface area (Å²) in [6, 6.07) is 16.0. The van der Waals surface area contributed by atoms with Crippen LogP contribution < -0.4 is 10.1 Å². The lowest BCUT2D eigenvalue weighted by Gasteiger charge is -2.04. The normalized spacial score (nSPS) is 10.9. The standard InChI is InChI=1S/C23H23N3O2S/c1-2-13-28-18-10-7-16(8-11-18)21-15-29-23(25-21)26-22(27)12-9-17-14-24-20-6-4-3-5-19(17)20/h3-8,10-11,14-15,24H,2,9,12-13H2,1H3,(H,25,26,27). The summed E-state index contributed by atoms with van der Waals surface area (Å²) in [5.74, 6) is 0.830. The molecule has 2 aromatic heterocycles. The molecule has 0 bridgehead atoms. The maximum absolute atomic E-state index is 12.4. The Morgan fingerprint density at radius 2 is 2.00 bits per heavy atom. The number of carbonyl (C=O) groups is 1. The minimum atomic E-state index is -0.0282. The van der Waals surface area contributed by atoms with Crippen molar-refractivity contribution in [3.63, 3.8) is 0 Å². The lowest BCUT2D eigenvalue weighted by atomic mass is 10.1. The van der Waals surface area contributed by atoms with Gasteiger partial charge in [0.15, 0.2) is 5.13 Å². The predicted molar refractivity (Wildman–Crippen MR) is 119 cm³/mol. The van der Waals surface area contributed by atoms with Crippen LogP contribution >= 0.6 is 11.3 Å². The van der Waals surface area contributed by atoms with Crippen molar-refractivity contribution >= 4 is 33.3 Å². The van der Waals surface area contributed by atoms with Crippen LogP contribution in [0.2, 0.25) is 0 Å². The minimum absolute atomic E-state index is 0.0282. The van der Waals surface area contributed by atoms with Gasteiger partial charge < -0.3 is 15.0 Å². The van der Waals surface area contributed by atoms with E-state index >= 15 is 0 Å². The van der Waals surface area contributed by atoms with Crippen molar-refractivity contribution in [2.24, 2.45) is 0 Å². The second-order valence-electron chi connectivity index (χ2n) is 6.82. The van der Waals surface area contributed by atoms with E-state index in [2.05, 4.69) is 28.3 Å². The van der Waals surface area contributed by atoms with E-state index in [1.54, 1.807) is 0 Å². The number of ether oxygens (including phenoxy) is 1. The van der Waals surface area contributed by atoms with Crippen molar-refractivity contribution in [3.8, 4) is 17.0 Å². The van der Waals surface area contributed by atoms with Crippen molar-refractivity contribution < 1.29 is 9.53 Å². The van der Waals surface area contributed by atoms with Crippen LogP contribution in [0.1, 0.15) is 25.3 Å². The highest BCUT2D eigenvalue weighted by Gasteiger charge is 2.10. The fourth-order valence-electron chi connectivity index (χ4n) is 3.17. The van der Waals surface area contributed by atoms with Crippen LogP contribution in [0.4, 0.5) is 5.13 Å².